The first kappa shape index (κ1) is 19.7. The summed E-state index contributed by atoms with van der Waals surface area (Å²) >= 11 is 0. The normalized spacial score (nSPS) is 12.4. The highest BCUT2D eigenvalue weighted by Crippen LogP contribution is 2.28. The summed E-state index contributed by atoms with van der Waals surface area (Å²) in [4.78, 5) is 2.26. The zero-order valence-corrected chi connectivity index (χ0v) is 14.9. The van der Waals surface area contributed by atoms with Gasteiger partial charge in [0.1, 0.15) is 0 Å². The Bertz CT molecular complexity index is 439. The van der Waals surface area contributed by atoms with Crippen LogP contribution in [0.1, 0.15) is 31.7 Å². The molecule has 23 heavy (non-hydrogen) atoms. The Hall–Kier alpha value is -1.30. The fourth-order valence-electron chi connectivity index (χ4n) is 2.63. The molecule has 1 unspecified atom stereocenters. The van der Waals surface area contributed by atoms with Crippen molar-refractivity contribution in [2.24, 2.45) is 0 Å². The van der Waals surface area contributed by atoms with Crippen LogP contribution in [-0.4, -0.2) is 57.1 Å². The minimum absolute atomic E-state index is 0.289. The van der Waals surface area contributed by atoms with Crippen molar-refractivity contribution in [3.8, 4) is 11.5 Å². The van der Waals surface area contributed by atoms with Gasteiger partial charge in [-0.1, -0.05) is 19.4 Å². The van der Waals surface area contributed by atoms with Gasteiger partial charge in [0.2, 0.25) is 0 Å². The van der Waals surface area contributed by atoms with Crippen LogP contribution in [-0.2, 0) is 11.3 Å². The lowest BCUT2D eigenvalue weighted by atomic mass is 10.1. The maximum absolute atomic E-state index is 10.1. The van der Waals surface area contributed by atoms with E-state index < -0.39 is 0 Å². The molecule has 132 valence electrons. The molecule has 0 aliphatic heterocycles. The summed E-state index contributed by atoms with van der Waals surface area (Å²) in [5.41, 5.74) is 1.14. The van der Waals surface area contributed by atoms with Gasteiger partial charge in [-0.25, -0.2) is 0 Å². The van der Waals surface area contributed by atoms with Gasteiger partial charge in [0.15, 0.2) is 11.5 Å². The second-order valence-corrected chi connectivity index (χ2v) is 5.71. The number of hydrogen-bond acceptors (Lipinski definition) is 5. The van der Waals surface area contributed by atoms with Crippen LogP contribution in [0.15, 0.2) is 18.2 Å². The largest absolute Gasteiger partial charge is 0.493 e. The summed E-state index contributed by atoms with van der Waals surface area (Å²) < 4.78 is 15.8. The van der Waals surface area contributed by atoms with Crippen LogP contribution in [0, 0.1) is 0 Å². The highest BCUT2D eigenvalue weighted by Gasteiger charge is 2.13. The molecule has 1 aromatic carbocycles. The Morgan fingerprint density at radius 2 is 1.87 bits per heavy atom. The van der Waals surface area contributed by atoms with E-state index in [-0.39, 0.29) is 6.10 Å². The first-order chi connectivity index (χ1) is 11.1. The fraction of sp³-hybridized carbons (Fsp3) is 0.667. The van der Waals surface area contributed by atoms with E-state index >= 15 is 0 Å². The molecule has 1 rings (SSSR count). The number of methoxy groups -OCH3 is 3. The summed E-state index contributed by atoms with van der Waals surface area (Å²) in [6, 6.07) is 5.95. The van der Waals surface area contributed by atoms with Gasteiger partial charge in [-0.3, -0.25) is 4.90 Å². The van der Waals surface area contributed by atoms with Crippen LogP contribution in [0.4, 0.5) is 0 Å². The first-order valence-electron chi connectivity index (χ1n) is 8.24. The lowest BCUT2D eigenvalue weighted by molar-refractivity contribution is 0.0929. The van der Waals surface area contributed by atoms with Crippen molar-refractivity contribution < 1.29 is 19.3 Å². The molecule has 0 fully saturated rings. The molecule has 0 aliphatic rings. The quantitative estimate of drug-likeness (QED) is 0.599. The number of ether oxygens (including phenoxy) is 3. The second kappa shape index (κ2) is 11.3. The van der Waals surface area contributed by atoms with Crippen LogP contribution in [0.3, 0.4) is 0 Å². The third kappa shape index (κ3) is 7.20. The van der Waals surface area contributed by atoms with Crippen molar-refractivity contribution in [2.75, 3.05) is 41.0 Å². The summed E-state index contributed by atoms with van der Waals surface area (Å²) in [6.45, 7) is 5.15. The molecule has 0 saturated heterocycles. The molecule has 0 heterocycles. The van der Waals surface area contributed by atoms with E-state index in [2.05, 4.69) is 11.8 Å². The van der Waals surface area contributed by atoms with Gasteiger partial charge in [-0.2, -0.15) is 0 Å². The SMILES string of the molecule is CCCC(O)CN(CCCOC)Cc1ccc(OC)c(OC)c1. The molecule has 5 nitrogen and oxygen atoms in total. The fourth-order valence-corrected chi connectivity index (χ4v) is 2.63. The van der Waals surface area contributed by atoms with Crippen molar-refractivity contribution in [1.82, 2.24) is 4.90 Å². The summed E-state index contributed by atoms with van der Waals surface area (Å²) in [5.74, 6) is 1.46. The average molecular weight is 325 g/mol. The number of rotatable bonds is 12. The molecule has 0 amide bonds. The Morgan fingerprint density at radius 3 is 2.48 bits per heavy atom. The zero-order chi connectivity index (χ0) is 17.1. The predicted molar refractivity (Wildman–Crippen MR) is 92.2 cm³/mol. The third-order valence-electron chi connectivity index (χ3n) is 3.77. The second-order valence-electron chi connectivity index (χ2n) is 5.71. The minimum atomic E-state index is -0.289. The zero-order valence-electron chi connectivity index (χ0n) is 14.9. The molecule has 0 radical (unpaired) electrons. The maximum Gasteiger partial charge on any atom is 0.161 e. The number of aliphatic hydroxyl groups is 1. The van der Waals surface area contributed by atoms with Crippen LogP contribution in [0.25, 0.3) is 0 Å². The topological polar surface area (TPSA) is 51.2 Å². The lowest BCUT2D eigenvalue weighted by Crippen LogP contribution is -2.33. The molecule has 0 bridgehead atoms. The maximum atomic E-state index is 10.1. The van der Waals surface area contributed by atoms with Crippen LogP contribution in [0.2, 0.25) is 0 Å². The molecule has 1 aromatic rings. The Morgan fingerprint density at radius 1 is 1.13 bits per heavy atom. The molecular formula is C18H31NO4. The monoisotopic (exact) mass is 325 g/mol. The highest BCUT2D eigenvalue weighted by atomic mass is 16.5. The molecule has 0 aliphatic carbocycles. The van der Waals surface area contributed by atoms with E-state index in [1.807, 2.05) is 18.2 Å². The predicted octanol–water partition coefficient (Wildman–Crippen LogP) is 2.70. The van der Waals surface area contributed by atoms with E-state index in [9.17, 15) is 5.11 Å². The summed E-state index contributed by atoms with van der Waals surface area (Å²) in [5, 5.41) is 10.1. The van der Waals surface area contributed by atoms with Crippen molar-refractivity contribution in [3.05, 3.63) is 23.8 Å². The van der Waals surface area contributed by atoms with Crippen LogP contribution < -0.4 is 9.47 Å². The van der Waals surface area contributed by atoms with Crippen molar-refractivity contribution in [2.45, 2.75) is 38.8 Å². The van der Waals surface area contributed by atoms with Crippen molar-refractivity contribution in [1.29, 1.82) is 0 Å². The summed E-state index contributed by atoms with van der Waals surface area (Å²) in [6.07, 6.45) is 2.47. The van der Waals surface area contributed by atoms with Gasteiger partial charge in [-0.05, 0) is 30.5 Å². The molecule has 0 aromatic heterocycles. The molecule has 1 N–H and O–H groups in total. The van der Waals surface area contributed by atoms with Crippen LogP contribution in [0.5, 0.6) is 11.5 Å². The van der Waals surface area contributed by atoms with Crippen molar-refractivity contribution >= 4 is 0 Å². The van der Waals surface area contributed by atoms with Gasteiger partial charge in [0.05, 0.1) is 20.3 Å². The molecule has 5 heteroatoms. The van der Waals surface area contributed by atoms with Gasteiger partial charge in [0.25, 0.3) is 0 Å². The minimum Gasteiger partial charge on any atom is -0.493 e. The molecule has 0 saturated carbocycles. The number of aliphatic hydroxyl groups excluding tert-OH is 1. The van der Waals surface area contributed by atoms with Crippen LogP contribution >= 0.6 is 0 Å². The smallest absolute Gasteiger partial charge is 0.161 e. The van der Waals surface area contributed by atoms with Crippen molar-refractivity contribution in [3.63, 3.8) is 0 Å². The number of hydrogen-bond donors (Lipinski definition) is 1. The van der Waals surface area contributed by atoms with Gasteiger partial charge in [-0.15, -0.1) is 0 Å². The van der Waals surface area contributed by atoms with E-state index in [0.29, 0.717) is 6.54 Å². The highest BCUT2D eigenvalue weighted by molar-refractivity contribution is 5.42. The standard InChI is InChI=1S/C18H31NO4/c1-5-7-16(20)14-19(10-6-11-21-2)13-15-8-9-17(22-3)18(12-15)23-4/h8-9,12,16,20H,5-7,10-11,13-14H2,1-4H3. The number of nitrogens with zero attached hydrogens (tertiary/aromatic N) is 1. The number of benzene rings is 1. The molecule has 0 spiro atoms. The Kier molecular flexibility index (Phi) is 9.67. The Balaban J connectivity index is 2.73. The van der Waals surface area contributed by atoms with Gasteiger partial charge < -0.3 is 19.3 Å². The first-order valence-corrected chi connectivity index (χ1v) is 8.24. The molecular weight excluding hydrogens is 294 g/mol. The lowest BCUT2D eigenvalue weighted by Gasteiger charge is -2.25. The van der Waals surface area contributed by atoms with E-state index in [0.717, 1.165) is 56.0 Å². The van der Waals surface area contributed by atoms with E-state index in [1.165, 1.54) is 0 Å². The van der Waals surface area contributed by atoms with Gasteiger partial charge in [0, 0.05) is 33.4 Å². The molecule has 1 atom stereocenters. The van der Waals surface area contributed by atoms with E-state index in [4.69, 9.17) is 14.2 Å². The third-order valence-corrected chi connectivity index (χ3v) is 3.77. The summed E-state index contributed by atoms with van der Waals surface area (Å²) in [7, 11) is 4.99. The average Bonchev–Trinajstić information content (AvgIpc) is 2.55. The Labute approximate surface area is 140 Å². The van der Waals surface area contributed by atoms with Gasteiger partial charge >= 0.3 is 0 Å². The van der Waals surface area contributed by atoms with E-state index in [1.54, 1.807) is 21.3 Å².